The molecular formula is C16H18N2O. The van der Waals surface area contributed by atoms with E-state index in [0.717, 1.165) is 25.7 Å². The van der Waals surface area contributed by atoms with E-state index in [9.17, 15) is 4.79 Å². The molecule has 1 fully saturated rings. The molecule has 1 aliphatic carbocycles. The summed E-state index contributed by atoms with van der Waals surface area (Å²) in [6.45, 7) is 0.903. The Balaban J connectivity index is 1.88. The average Bonchev–Trinajstić information content (AvgIpc) is 2.85. The molecular weight excluding hydrogens is 236 g/mol. The van der Waals surface area contributed by atoms with E-state index in [-0.39, 0.29) is 5.92 Å². The van der Waals surface area contributed by atoms with Crippen molar-refractivity contribution in [2.45, 2.75) is 24.8 Å². The molecule has 2 aromatic rings. The molecule has 1 aromatic carbocycles. The van der Waals surface area contributed by atoms with Crippen LogP contribution in [0.4, 0.5) is 0 Å². The summed E-state index contributed by atoms with van der Waals surface area (Å²) in [7, 11) is 2.16. The Morgan fingerprint density at radius 2 is 2.32 bits per heavy atom. The highest BCUT2D eigenvalue weighted by molar-refractivity contribution is 5.88. The summed E-state index contributed by atoms with van der Waals surface area (Å²) in [5.41, 5.74) is 4.11. The van der Waals surface area contributed by atoms with E-state index in [1.807, 2.05) is 0 Å². The molecule has 3 heteroatoms. The average molecular weight is 254 g/mol. The number of hydrogen-bond acceptors (Lipinski definition) is 2. The van der Waals surface area contributed by atoms with Crippen molar-refractivity contribution in [2.24, 2.45) is 5.92 Å². The van der Waals surface area contributed by atoms with Crippen molar-refractivity contribution >= 4 is 17.2 Å². The number of nitrogens with zero attached hydrogens (tertiary/aromatic N) is 1. The molecule has 1 saturated heterocycles. The second-order valence-electron chi connectivity index (χ2n) is 6.03. The number of hydrogen-bond donors (Lipinski definition) is 1. The van der Waals surface area contributed by atoms with Crippen molar-refractivity contribution in [1.82, 2.24) is 9.88 Å². The van der Waals surface area contributed by atoms with Crippen LogP contribution in [0.5, 0.6) is 0 Å². The number of carbonyl (C=O) groups is 1. The number of fused-ring (bicyclic) bond motifs is 2. The lowest BCUT2D eigenvalue weighted by Gasteiger charge is -2.44. The van der Waals surface area contributed by atoms with Gasteiger partial charge in [-0.3, -0.25) is 0 Å². The Labute approximate surface area is 112 Å². The first-order valence-corrected chi connectivity index (χ1v) is 7.02. The van der Waals surface area contributed by atoms with Crippen LogP contribution in [0.25, 0.3) is 10.9 Å². The molecule has 19 heavy (non-hydrogen) atoms. The van der Waals surface area contributed by atoms with E-state index < -0.39 is 0 Å². The van der Waals surface area contributed by atoms with Crippen molar-refractivity contribution < 1.29 is 4.79 Å². The van der Waals surface area contributed by atoms with Crippen LogP contribution in [0.2, 0.25) is 0 Å². The van der Waals surface area contributed by atoms with Gasteiger partial charge in [-0.1, -0.05) is 12.1 Å². The molecule has 0 amide bonds. The van der Waals surface area contributed by atoms with Crippen LogP contribution in [0.1, 0.15) is 23.5 Å². The molecule has 3 atom stereocenters. The van der Waals surface area contributed by atoms with Gasteiger partial charge in [0.2, 0.25) is 0 Å². The lowest BCUT2D eigenvalue weighted by Crippen LogP contribution is -2.48. The number of piperidine rings is 1. The zero-order valence-corrected chi connectivity index (χ0v) is 11.1. The van der Waals surface area contributed by atoms with Crippen LogP contribution in [0, 0.1) is 5.92 Å². The number of nitrogens with one attached hydrogen (secondary N) is 1. The number of aldehydes is 1. The fourth-order valence-electron chi connectivity index (χ4n) is 4.08. The standard InChI is InChI=1S/C16H18N2O/c1-18-8-10(9-19)5-13-12-3-2-4-14-16(12)11(7-17-14)6-15(13)18/h2-4,7,9-10,13,15,17H,5-6,8H2,1H3/t10-,13?,15+/m0/s1. The molecule has 1 aliphatic heterocycles. The first-order valence-electron chi connectivity index (χ1n) is 7.02. The maximum atomic E-state index is 11.2. The van der Waals surface area contributed by atoms with Gasteiger partial charge in [-0.25, -0.2) is 0 Å². The first kappa shape index (κ1) is 11.2. The zero-order chi connectivity index (χ0) is 13.0. The molecule has 0 radical (unpaired) electrons. The van der Waals surface area contributed by atoms with Gasteiger partial charge in [0.15, 0.2) is 0 Å². The predicted octanol–water partition coefficient (Wildman–Crippen LogP) is 2.33. The highest BCUT2D eigenvalue weighted by Crippen LogP contribution is 2.43. The minimum absolute atomic E-state index is 0.182. The van der Waals surface area contributed by atoms with Gasteiger partial charge in [-0.15, -0.1) is 0 Å². The van der Waals surface area contributed by atoms with E-state index in [1.54, 1.807) is 0 Å². The second kappa shape index (κ2) is 3.94. The number of carbonyl (C=O) groups excluding carboxylic acids is 1. The van der Waals surface area contributed by atoms with Gasteiger partial charge in [-0.2, -0.15) is 0 Å². The minimum Gasteiger partial charge on any atom is -0.361 e. The van der Waals surface area contributed by atoms with Crippen LogP contribution in [0.15, 0.2) is 24.4 Å². The third kappa shape index (κ3) is 1.51. The quantitative estimate of drug-likeness (QED) is 0.793. The summed E-state index contributed by atoms with van der Waals surface area (Å²) in [6.07, 6.45) is 5.40. The summed E-state index contributed by atoms with van der Waals surface area (Å²) in [6, 6.07) is 7.07. The van der Waals surface area contributed by atoms with E-state index >= 15 is 0 Å². The van der Waals surface area contributed by atoms with Crippen LogP contribution in [-0.4, -0.2) is 35.8 Å². The number of benzene rings is 1. The molecule has 0 spiro atoms. The molecule has 0 saturated carbocycles. The number of H-pyrrole nitrogens is 1. The van der Waals surface area contributed by atoms with Crippen molar-refractivity contribution in [3.8, 4) is 0 Å². The molecule has 1 unspecified atom stereocenters. The fraction of sp³-hybridized carbons (Fsp3) is 0.438. The number of likely N-dealkylation sites (N-methyl/N-ethyl adjacent to an activating group) is 1. The zero-order valence-electron chi connectivity index (χ0n) is 11.1. The number of aromatic nitrogens is 1. The summed E-state index contributed by atoms with van der Waals surface area (Å²) in [5.74, 6) is 0.683. The lowest BCUT2D eigenvalue weighted by atomic mass is 9.73. The summed E-state index contributed by atoms with van der Waals surface area (Å²) < 4.78 is 0. The predicted molar refractivity (Wildman–Crippen MR) is 75.3 cm³/mol. The van der Waals surface area contributed by atoms with Gasteiger partial charge in [0, 0.05) is 41.5 Å². The van der Waals surface area contributed by atoms with Gasteiger partial charge in [-0.05, 0) is 37.1 Å². The minimum atomic E-state index is 0.182. The summed E-state index contributed by atoms with van der Waals surface area (Å²) >= 11 is 0. The van der Waals surface area contributed by atoms with Crippen LogP contribution in [-0.2, 0) is 11.2 Å². The molecule has 3 nitrogen and oxygen atoms in total. The third-order valence-electron chi connectivity index (χ3n) is 4.95. The Hall–Kier alpha value is -1.61. The van der Waals surface area contributed by atoms with Crippen LogP contribution >= 0.6 is 0 Å². The van der Waals surface area contributed by atoms with E-state index in [2.05, 4.69) is 41.3 Å². The highest BCUT2D eigenvalue weighted by Gasteiger charge is 2.39. The lowest BCUT2D eigenvalue weighted by molar-refractivity contribution is -0.113. The molecule has 2 heterocycles. The maximum Gasteiger partial charge on any atom is 0.124 e. The largest absolute Gasteiger partial charge is 0.361 e. The summed E-state index contributed by atoms with van der Waals surface area (Å²) in [4.78, 5) is 16.9. The van der Waals surface area contributed by atoms with Gasteiger partial charge in [0.25, 0.3) is 0 Å². The summed E-state index contributed by atoms with van der Waals surface area (Å²) in [5, 5.41) is 1.41. The number of rotatable bonds is 1. The molecule has 2 aliphatic rings. The van der Waals surface area contributed by atoms with Crippen molar-refractivity contribution in [2.75, 3.05) is 13.6 Å². The molecule has 0 bridgehead atoms. The Bertz CT molecular complexity index is 645. The smallest absolute Gasteiger partial charge is 0.124 e. The normalized spacial score (nSPS) is 30.3. The van der Waals surface area contributed by atoms with Crippen molar-refractivity contribution in [3.05, 3.63) is 35.5 Å². The van der Waals surface area contributed by atoms with E-state index in [1.165, 1.54) is 22.0 Å². The molecule has 1 aromatic heterocycles. The maximum absolute atomic E-state index is 11.2. The van der Waals surface area contributed by atoms with Crippen molar-refractivity contribution in [3.63, 3.8) is 0 Å². The fourth-order valence-corrected chi connectivity index (χ4v) is 4.08. The van der Waals surface area contributed by atoms with E-state index in [0.29, 0.717) is 12.0 Å². The monoisotopic (exact) mass is 254 g/mol. The molecule has 4 rings (SSSR count). The van der Waals surface area contributed by atoms with Gasteiger partial charge in [0.1, 0.15) is 6.29 Å². The van der Waals surface area contributed by atoms with Gasteiger partial charge >= 0.3 is 0 Å². The Morgan fingerprint density at radius 1 is 1.42 bits per heavy atom. The first-order chi connectivity index (χ1) is 9.28. The SMILES string of the molecule is CN1C[C@@H](C=O)CC2c3cccc4[nH]cc(c34)C[C@H]21. The number of aromatic amines is 1. The van der Waals surface area contributed by atoms with E-state index in [4.69, 9.17) is 0 Å². The number of likely N-dealkylation sites (tertiary alicyclic amines) is 1. The Morgan fingerprint density at radius 3 is 3.16 bits per heavy atom. The van der Waals surface area contributed by atoms with Crippen LogP contribution < -0.4 is 0 Å². The topological polar surface area (TPSA) is 36.1 Å². The third-order valence-corrected chi connectivity index (χ3v) is 4.95. The highest BCUT2D eigenvalue weighted by atomic mass is 16.1. The van der Waals surface area contributed by atoms with Gasteiger partial charge in [0.05, 0.1) is 0 Å². The second-order valence-corrected chi connectivity index (χ2v) is 6.03. The van der Waals surface area contributed by atoms with Gasteiger partial charge < -0.3 is 14.7 Å². The molecule has 98 valence electrons. The van der Waals surface area contributed by atoms with Crippen molar-refractivity contribution in [1.29, 1.82) is 0 Å². The van der Waals surface area contributed by atoms with Crippen LogP contribution in [0.3, 0.4) is 0 Å². The molecule has 1 N–H and O–H groups in total. The Kier molecular flexibility index (Phi) is 2.33.